The first-order valence-electron chi connectivity index (χ1n) is 6.87. The van der Waals surface area contributed by atoms with E-state index in [4.69, 9.17) is 9.84 Å². The van der Waals surface area contributed by atoms with Gasteiger partial charge in [-0.3, -0.25) is 14.5 Å². The van der Waals surface area contributed by atoms with Crippen LogP contribution in [0.25, 0.3) is 0 Å². The number of carboxylic acids is 1. The summed E-state index contributed by atoms with van der Waals surface area (Å²) in [5.74, 6) is -1.21. The van der Waals surface area contributed by atoms with Crippen molar-refractivity contribution in [2.75, 3.05) is 38.7 Å². The van der Waals surface area contributed by atoms with Gasteiger partial charge in [-0.1, -0.05) is 19.1 Å². The minimum atomic E-state index is -0.966. The second-order valence-electron chi connectivity index (χ2n) is 4.70. The van der Waals surface area contributed by atoms with Crippen molar-refractivity contribution >= 4 is 17.6 Å². The molecule has 0 unspecified atom stereocenters. The number of aliphatic carboxylic acids is 1. The third-order valence-corrected chi connectivity index (χ3v) is 2.98. The molecule has 21 heavy (non-hydrogen) atoms. The van der Waals surface area contributed by atoms with Crippen molar-refractivity contribution in [3.8, 4) is 0 Å². The molecule has 1 amide bonds. The molecule has 2 N–H and O–H groups in total. The first-order chi connectivity index (χ1) is 10.0. The van der Waals surface area contributed by atoms with Crippen LogP contribution >= 0.6 is 0 Å². The zero-order valence-electron chi connectivity index (χ0n) is 12.5. The van der Waals surface area contributed by atoms with E-state index in [2.05, 4.69) is 12.2 Å². The number of nitrogens with zero attached hydrogens (tertiary/aromatic N) is 1. The van der Waals surface area contributed by atoms with Crippen LogP contribution in [-0.4, -0.2) is 55.2 Å². The van der Waals surface area contributed by atoms with Gasteiger partial charge in [0.2, 0.25) is 5.91 Å². The number of nitrogens with one attached hydrogen (secondary N) is 1. The Morgan fingerprint density at radius 3 is 2.43 bits per heavy atom. The number of carboxylic acid groups (broad SMARTS) is 1. The van der Waals surface area contributed by atoms with Crippen LogP contribution in [0, 0.1) is 0 Å². The molecule has 0 aliphatic heterocycles. The van der Waals surface area contributed by atoms with Gasteiger partial charge in [0.25, 0.3) is 0 Å². The topological polar surface area (TPSA) is 78.9 Å². The van der Waals surface area contributed by atoms with Crippen LogP contribution < -0.4 is 5.32 Å². The molecule has 1 rings (SSSR count). The third-order valence-electron chi connectivity index (χ3n) is 2.98. The van der Waals surface area contributed by atoms with Gasteiger partial charge in [-0.15, -0.1) is 0 Å². The monoisotopic (exact) mass is 294 g/mol. The highest BCUT2D eigenvalue weighted by Gasteiger charge is 2.13. The molecule has 0 aromatic heterocycles. The van der Waals surface area contributed by atoms with Crippen LogP contribution in [-0.2, 0) is 20.7 Å². The fraction of sp³-hybridized carbons (Fsp3) is 0.467. The van der Waals surface area contributed by atoms with Crippen LogP contribution in [0.15, 0.2) is 24.3 Å². The summed E-state index contributed by atoms with van der Waals surface area (Å²) in [4.78, 5) is 24.2. The number of anilines is 1. The summed E-state index contributed by atoms with van der Waals surface area (Å²) >= 11 is 0. The molecule has 0 radical (unpaired) electrons. The number of methoxy groups -OCH3 is 1. The predicted molar refractivity (Wildman–Crippen MR) is 80.4 cm³/mol. The van der Waals surface area contributed by atoms with E-state index in [-0.39, 0.29) is 19.0 Å². The Bertz CT molecular complexity index is 459. The SMILES string of the molecule is CCc1ccc(NC(=O)CN(CCOC)CC(=O)O)cc1. The van der Waals surface area contributed by atoms with Gasteiger partial charge in [0, 0.05) is 19.3 Å². The number of hydrogen-bond acceptors (Lipinski definition) is 4. The molecule has 1 aromatic rings. The predicted octanol–water partition coefficient (Wildman–Crippen LogP) is 1.22. The van der Waals surface area contributed by atoms with Crippen molar-refractivity contribution in [1.82, 2.24) is 4.90 Å². The molecule has 0 saturated heterocycles. The highest BCUT2D eigenvalue weighted by Crippen LogP contribution is 2.09. The second-order valence-corrected chi connectivity index (χ2v) is 4.70. The zero-order chi connectivity index (χ0) is 15.7. The van der Waals surface area contributed by atoms with E-state index in [1.807, 2.05) is 24.3 Å². The van der Waals surface area contributed by atoms with E-state index in [9.17, 15) is 9.59 Å². The van der Waals surface area contributed by atoms with Crippen molar-refractivity contribution in [2.45, 2.75) is 13.3 Å². The first-order valence-corrected chi connectivity index (χ1v) is 6.87. The van der Waals surface area contributed by atoms with Gasteiger partial charge < -0.3 is 15.2 Å². The van der Waals surface area contributed by atoms with E-state index in [1.165, 1.54) is 17.6 Å². The molecule has 0 heterocycles. The fourth-order valence-electron chi connectivity index (χ4n) is 1.85. The van der Waals surface area contributed by atoms with Gasteiger partial charge in [-0.05, 0) is 24.1 Å². The average molecular weight is 294 g/mol. The molecule has 0 atom stereocenters. The fourth-order valence-corrected chi connectivity index (χ4v) is 1.85. The highest BCUT2D eigenvalue weighted by atomic mass is 16.5. The number of benzene rings is 1. The Hall–Kier alpha value is -1.92. The number of carbonyl (C=O) groups excluding carboxylic acids is 1. The van der Waals surface area contributed by atoms with E-state index in [1.54, 1.807) is 0 Å². The van der Waals surface area contributed by atoms with E-state index < -0.39 is 5.97 Å². The van der Waals surface area contributed by atoms with Gasteiger partial charge in [0.1, 0.15) is 0 Å². The molecule has 0 saturated carbocycles. The lowest BCUT2D eigenvalue weighted by molar-refractivity contribution is -0.138. The lowest BCUT2D eigenvalue weighted by Gasteiger charge is -2.19. The Kier molecular flexibility index (Phi) is 7.42. The molecular formula is C15H22N2O4. The normalized spacial score (nSPS) is 10.6. The van der Waals surface area contributed by atoms with E-state index in [0.29, 0.717) is 18.8 Å². The Morgan fingerprint density at radius 1 is 1.24 bits per heavy atom. The summed E-state index contributed by atoms with van der Waals surface area (Å²) in [5, 5.41) is 11.6. The lowest BCUT2D eigenvalue weighted by atomic mass is 10.1. The molecule has 0 fully saturated rings. The van der Waals surface area contributed by atoms with Crippen molar-refractivity contribution in [3.05, 3.63) is 29.8 Å². The van der Waals surface area contributed by atoms with Crippen LogP contribution in [0.1, 0.15) is 12.5 Å². The average Bonchev–Trinajstić information content (AvgIpc) is 2.45. The van der Waals surface area contributed by atoms with E-state index >= 15 is 0 Å². The van der Waals surface area contributed by atoms with Gasteiger partial charge in [0.15, 0.2) is 0 Å². The van der Waals surface area contributed by atoms with Crippen molar-refractivity contribution in [1.29, 1.82) is 0 Å². The quantitative estimate of drug-likeness (QED) is 0.716. The summed E-state index contributed by atoms with van der Waals surface area (Å²) in [6.07, 6.45) is 0.942. The lowest BCUT2D eigenvalue weighted by Crippen LogP contribution is -2.38. The highest BCUT2D eigenvalue weighted by molar-refractivity contribution is 5.92. The number of rotatable bonds is 9. The van der Waals surface area contributed by atoms with Crippen LogP contribution in [0.4, 0.5) is 5.69 Å². The summed E-state index contributed by atoms with van der Waals surface area (Å²) in [6, 6.07) is 7.59. The maximum Gasteiger partial charge on any atom is 0.317 e. The number of hydrogen-bond donors (Lipinski definition) is 2. The molecule has 6 heteroatoms. The minimum Gasteiger partial charge on any atom is -0.480 e. The molecule has 1 aromatic carbocycles. The van der Waals surface area contributed by atoms with Gasteiger partial charge in [-0.25, -0.2) is 0 Å². The summed E-state index contributed by atoms with van der Waals surface area (Å²) < 4.78 is 4.91. The number of aryl methyl sites for hydroxylation is 1. The molecule has 6 nitrogen and oxygen atoms in total. The zero-order valence-corrected chi connectivity index (χ0v) is 12.5. The second kappa shape index (κ2) is 9.10. The molecule has 0 aliphatic rings. The summed E-state index contributed by atoms with van der Waals surface area (Å²) in [7, 11) is 1.54. The molecule has 0 aliphatic carbocycles. The van der Waals surface area contributed by atoms with Gasteiger partial charge in [0.05, 0.1) is 19.7 Å². The number of amides is 1. The third kappa shape index (κ3) is 6.87. The maximum absolute atomic E-state index is 11.9. The van der Waals surface area contributed by atoms with Crippen LogP contribution in [0.5, 0.6) is 0 Å². The van der Waals surface area contributed by atoms with Crippen molar-refractivity contribution in [3.63, 3.8) is 0 Å². The van der Waals surface area contributed by atoms with Gasteiger partial charge in [-0.2, -0.15) is 0 Å². The Morgan fingerprint density at radius 2 is 1.90 bits per heavy atom. The molecular weight excluding hydrogens is 272 g/mol. The van der Waals surface area contributed by atoms with E-state index in [0.717, 1.165) is 6.42 Å². The Labute approximate surface area is 124 Å². The Balaban J connectivity index is 2.53. The number of ether oxygens (including phenoxy) is 1. The molecule has 0 bridgehead atoms. The smallest absolute Gasteiger partial charge is 0.317 e. The summed E-state index contributed by atoms with van der Waals surface area (Å²) in [5.41, 5.74) is 1.90. The first kappa shape index (κ1) is 17.1. The largest absolute Gasteiger partial charge is 0.480 e. The summed E-state index contributed by atoms with van der Waals surface area (Å²) in [6.45, 7) is 2.67. The standard InChI is InChI=1S/C15H22N2O4/c1-3-12-4-6-13(7-5-12)16-14(18)10-17(8-9-21-2)11-15(19)20/h4-7H,3,8-11H2,1-2H3,(H,16,18)(H,19,20). The van der Waals surface area contributed by atoms with Crippen LogP contribution in [0.3, 0.4) is 0 Å². The van der Waals surface area contributed by atoms with Crippen molar-refractivity contribution < 1.29 is 19.4 Å². The number of carbonyl (C=O) groups is 2. The molecule has 116 valence electrons. The maximum atomic E-state index is 11.9. The van der Waals surface area contributed by atoms with Crippen molar-refractivity contribution in [2.24, 2.45) is 0 Å². The van der Waals surface area contributed by atoms with Gasteiger partial charge >= 0.3 is 5.97 Å². The minimum absolute atomic E-state index is 0.0190. The molecule has 0 spiro atoms. The van der Waals surface area contributed by atoms with Crippen LogP contribution in [0.2, 0.25) is 0 Å².